The second kappa shape index (κ2) is 14.8. The summed E-state index contributed by atoms with van der Waals surface area (Å²) in [6, 6.07) is 10.4. The molecule has 1 aromatic carbocycles. The number of nitrogens with zero attached hydrogens (tertiary/aromatic N) is 4. The second-order valence-electron chi connectivity index (χ2n) is 11.8. The van der Waals surface area contributed by atoms with E-state index < -0.39 is 5.97 Å². The molecule has 8 nitrogen and oxygen atoms in total. The van der Waals surface area contributed by atoms with E-state index in [1.165, 1.54) is 5.69 Å². The van der Waals surface area contributed by atoms with Crippen molar-refractivity contribution in [3.05, 3.63) is 120 Å². The Kier molecular flexibility index (Phi) is 10.8. The number of carbonyl (C=O) groups is 1. The number of hydrogen-bond acceptors (Lipinski definition) is 6. The third-order valence-corrected chi connectivity index (χ3v) is 8.41. The Labute approximate surface area is 267 Å². The summed E-state index contributed by atoms with van der Waals surface area (Å²) in [6.07, 6.45) is 10.2. The van der Waals surface area contributed by atoms with Crippen LogP contribution in [0.15, 0.2) is 97.4 Å². The molecule has 0 spiro atoms. The molecule has 0 radical (unpaired) electrons. The van der Waals surface area contributed by atoms with E-state index in [0.29, 0.717) is 35.6 Å². The van der Waals surface area contributed by atoms with Crippen LogP contribution in [0.25, 0.3) is 17.0 Å². The number of carboxylic acids is 1. The third-order valence-electron chi connectivity index (χ3n) is 8.41. The number of aliphatic carboxylic acids is 1. The van der Waals surface area contributed by atoms with Crippen molar-refractivity contribution in [1.82, 2.24) is 25.2 Å². The smallest absolute Gasteiger partial charge is 0.331 e. The SMILES string of the molecule is C=C(NCc1cccc(N2CCCC2=C)c1)c1cc(C(=C)NC(CCC/C(C)=C(\C)C(=O)O)C(=C)/C=C\C)n2ncc(C)c2n1. The van der Waals surface area contributed by atoms with Gasteiger partial charge in [0.1, 0.15) is 0 Å². The van der Waals surface area contributed by atoms with Gasteiger partial charge in [-0.3, -0.25) is 0 Å². The maximum atomic E-state index is 11.4. The zero-order valence-electron chi connectivity index (χ0n) is 27.1. The third kappa shape index (κ3) is 8.01. The lowest BCUT2D eigenvalue weighted by Gasteiger charge is -2.23. The maximum absolute atomic E-state index is 11.4. The van der Waals surface area contributed by atoms with Gasteiger partial charge in [-0.2, -0.15) is 5.10 Å². The molecular weight excluding hydrogens is 560 g/mol. The van der Waals surface area contributed by atoms with Crippen LogP contribution in [0, 0.1) is 6.92 Å². The number of hydrogen-bond donors (Lipinski definition) is 3. The van der Waals surface area contributed by atoms with Crippen molar-refractivity contribution < 1.29 is 9.90 Å². The van der Waals surface area contributed by atoms with Crippen LogP contribution >= 0.6 is 0 Å². The minimum absolute atomic E-state index is 0.102. The van der Waals surface area contributed by atoms with Crippen LogP contribution in [0.3, 0.4) is 0 Å². The molecule has 2 aromatic heterocycles. The van der Waals surface area contributed by atoms with Gasteiger partial charge in [0.2, 0.25) is 0 Å². The largest absolute Gasteiger partial charge is 0.478 e. The summed E-state index contributed by atoms with van der Waals surface area (Å²) >= 11 is 0. The van der Waals surface area contributed by atoms with Crippen molar-refractivity contribution in [3.63, 3.8) is 0 Å². The summed E-state index contributed by atoms with van der Waals surface area (Å²) in [5.41, 5.74) is 10.2. The fourth-order valence-electron chi connectivity index (χ4n) is 5.53. The summed E-state index contributed by atoms with van der Waals surface area (Å²) in [5.74, 6) is -0.876. The minimum atomic E-state index is -0.876. The highest BCUT2D eigenvalue weighted by Crippen LogP contribution is 2.28. The highest BCUT2D eigenvalue weighted by Gasteiger charge is 2.19. The summed E-state index contributed by atoms with van der Waals surface area (Å²) in [7, 11) is 0. The topological polar surface area (TPSA) is 94.8 Å². The molecule has 1 aliphatic heterocycles. The number of allylic oxidation sites excluding steroid dienone is 3. The first-order valence-corrected chi connectivity index (χ1v) is 15.5. The Morgan fingerprint density at radius 3 is 2.64 bits per heavy atom. The number of anilines is 1. The van der Waals surface area contributed by atoms with E-state index in [9.17, 15) is 9.90 Å². The van der Waals surface area contributed by atoms with Crippen molar-refractivity contribution in [1.29, 1.82) is 0 Å². The first-order chi connectivity index (χ1) is 21.5. The van der Waals surface area contributed by atoms with Crippen LogP contribution in [-0.4, -0.2) is 38.3 Å². The van der Waals surface area contributed by atoms with E-state index in [2.05, 4.69) is 71.2 Å². The zero-order chi connectivity index (χ0) is 32.7. The molecule has 45 heavy (non-hydrogen) atoms. The molecule has 0 saturated carbocycles. The molecule has 1 unspecified atom stereocenters. The van der Waals surface area contributed by atoms with Crippen LogP contribution in [0.4, 0.5) is 5.69 Å². The summed E-state index contributed by atoms with van der Waals surface area (Å²) in [4.78, 5) is 18.5. The number of aryl methyl sites for hydroxylation is 1. The van der Waals surface area contributed by atoms with Gasteiger partial charge >= 0.3 is 5.97 Å². The first kappa shape index (κ1) is 33.1. The molecule has 0 aliphatic carbocycles. The Morgan fingerprint density at radius 2 is 1.96 bits per heavy atom. The number of nitrogens with one attached hydrogen (secondary N) is 2. The van der Waals surface area contributed by atoms with E-state index in [1.54, 1.807) is 17.6 Å². The predicted molar refractivity (Wildman–Crippen MR) is 186 cm³/mol. The molecule has 0 bridgehead atoms. The van der Waals surface area contributed by atoms with Crippen molar-refractivity contribution in [3.8, 4) is 0 Å². The van der Waals surface area contributed by atoms with Gasteiger partial charge in [-0.1, -0.05) is 56.2 Å². The normalized spacial score (nSPS) is 14.5. The van der Waals surface area contributed by atoms with E-state index >= 15 is 0 Å². The molecule has 3 N–H and O–H groups in total. The van der Waals surface area contributed by atoms with Crippen molar-refractivity contribution in [2.45, 2.75) is 72.4 Å². The molecule has 3 aromatic rings. The molecule has 236 valence electrons. The monoisotopic (exact) mass is 606 g/mol. The number of rotatable bonds is 15. The van der Waals surface area contributed by atoms with E-state index in [0.717, 1.165) is 71.5 Å². The summed E-state index contributed by atoms with van der Waals surface area (Å²) in [5, 5.41) is 21.0. The maximum Gasteiger partial charge on any atom is 0.331 e. The van der Waals surface area contributed by atoms with Gasteiger partial charge in [0.15, 0.2) is 5.65 Å². The highest BCUT2D eigenvalue weighted by atomic mass is 16.4. The van der Waals surface area contributed by atoms with Crippen LogP contribution in [0.1, 0.15) is 75.4 Å². The molecular formula is C37H46N6O2. The van der Waals surface area contributed by atoms with Crippen LogP contribution < -0.4 is 15.5 Å². The second-order valence-corrected chi connectivity index (χ2v) is 11.8. The molecule has 1 aliphatic rings. The van der Waals surface area contributed by atoms with Crippen LogP contribution in [0.5, 0.6) is 0 Å². The van der Waals surface area contributed by atoms with E-state index in [-0.39, 0.29) is 6.04 Å². The van der Waals surface area contributed by atoms with Gasteiger partial charge in [0.25, 0.3) is 0 Å². The molecule has 1 fully saturated rings. The average molecular weight is 607 g/mol. The van der Waals surface area contributed by atoms with E-state index in [4.69, 9.17) is 4.98 Å². The molecule has 3 heterocycles. The van der Waals surface area contributed by atoms with Gasteiger partial charge < -0.3 is 20.6 Å². The number of aromatic nitrogens is 3. The quantitative estimate of drug-likeness (QED) is 0.121. The van der Waals surface area contributed by atoms with Gasteiger partial charge in [-0.05, 0) is 89.1 Å². The number of carboxylic acid groups (broad SMARTS) is 1. The zero-order valence-corrected chi connectivity index (χ0v) is 27.1. The lowest BCUT2D eigenvalue weighted by Crippen LogP contribution is -2.29. The molecule has 1 atom stereocenters. The Morgan fingerprint density at radius 1 is 1.18 bits per heavy atom. The Hall–Kier alpha value is -4.85. The van der Waals surface area contributed by atoms with Crippen molar-refractivity contribution in [2.24, 2.45) is 0 Å². The minimum Gasteiger partial charge on any atom is -0.478 e. The average Bonchev–Trinajstić information content (AvgIpc) is 3.63. The van der Waals surface area contributed by atoms with E-state index in [1.807, 2.05) is 39.0 Å². The fraction of sp³-hybridized carbons (Fsp3) is 0.324. The Bertz CT molecular complexity index is 1690. The predicted octanol–water partition coefficient (Wildman–Crippen LogP) is 7.56. The summed E-state index contributed by atoms with van der Waals surface area (Å²) in [6.45, 7) is 26.3. The standard InChI is InChI=1S/C37H46N6O2/c1-9-13-25(3)33(18-10-14-24(2)28(6)37(44)45)40-30(8)35-21-34(41-36-26(4)22-39-43(35)36)29(7)38-23-31-16-11-17-32(20-31)42-19-12-15-27(42)5/h9,11,13,16-17,20-22,33,38,40H,3,5,7-8,10,12,14-15,18-19,23H2,1-2,4,6H3,(H,44,45)/b13-9-,28-24+. The summed E-state index contributed by atoms with van der Waals surface area (Å²) < 4.78 is 1.80. The molecule has 4 rings (SSSR count). The van der Waals surface area contributed by atoms with Crippen LogP contribution in [0.2, 0.25) is 0 Å². The number of benzene rings is 1. The Balaban J connectivity index is 1.52. The van der Waals surface area contributed by atoms with Gasteiger partial charge in [0.05, 0.1) is 35.0 Å². The van der Waals surface area contributed by atoms with Gasteiger partial charge in [-0.25, -0.2) is 14.3 Å². The van der Waals surface area contributed by atoms with Gasteiger partial charge in [0, 0.05) is 35.6 Å². The molecule has 0 amide bonds. The van der Waals surface area contributed by atoms with Crippen LogP contribution in [-0.2, 0) is 11.3 Å². The highest BCUT2D eigenvalue weighted by molar-refractivity contribution is 5.86. The molecule has 8 heteroatoms. The lowest BCUT2D eigenvalue weighted by molar-refractivity contribution is -0.132. The fourth-order valence-corrected chi connectivity index (χ4v) is 5.53. The molecule has 1 saturated heterocycles. The van der Waals surface area contributed by atoms with Gasteiger partial charge in [-0.15, -0.1) is 0 Å². The van der Waals surface area contributed by atoms with Crippen molar-refractivity contribution in [2.75, 3.05) is 11.4 Å². The lowest BCUT2D eigenvalue weighted by atomic mass is 9.98. The van der Waals surface area contributed by atoms with Crippen molar-refractivity contribution >= 4 is 28.7 Å². The first-order valence-electron chi connectivity index (χ1n) is 15.5. The number of fused-ring (bicyclic) bond motifs is 1.